The highest BCUT2D eigenvalue weighted by atomic mass is 16.4. The zero-order chi connectivity index (χ0) is 13.7. The summed E-state index contributed by atoms with van der Waals surface area (Å²) in [6.45, 7) is 10.6. The Morgan fingerprint density at radius 1 is 1.28 bits per heavy atom. The molecule has 0 saturated carbocycles. The topological polar surface area (TPSA) is 61.8 Å². The molecule has 0 radical (unpaired) electrons. The molecule has 0 aromatic heterocycles. The molecule has 0 bridgehead atoms. The highest BCUT2D eigenvalue weighted by molar-refractivity contribution is 5.81. The van der Waals surface area contributed by atoms with Crippen LogP contribution < -0.4 is 5.73 Å². The molecule has 1 rings (SSSR count). The van der Waals surface area contributed by atoms with Crippen molar-refractivity contribution >= 4 is 5.84 Å². The maximum Gasteiger partial charge on any atom is 0.153 e. The molecule has 0 fully saturated rings. The van der Waals surface area contributed by atoms with Crippen molar-refractivity contribution in [3.63, 3.8) is 0 Å². The van der Waals surface area contributed by atoms with E-state index in [2.05, 4.69) is 49.9 Å². The normalized spacial score (nSPS) is 12.2. The van der Waals surface area contributed by atoms with E-state index in [4.69, 9.17) is 10.9 Å². The molecule has 0 heterocycles. The molecule has 0 unspecified atom stereocenters. The van der Waals surface area contributed by atoms with E-state index in [0.29, 0.717) is 6.54 Å². The summed E-state index contributed by atoms with van der Waals surface area (Å²) in [6.07, 6.45) is 0. The van der Waals surface area contributed by atoms with Crippen molar-refractivity contribution in [2.24, 2.45) is 10.9 Å². The number of hydrogen-bond donors (Lipinski definition) is 2. The molecule has 0 atom stereocenters. The molecule has 1 aromatic carbocycles. The van der Waals surface area contributed by atoms with E-state index in [1.54, 1.807) is 0 Å². The zero-order valence-electron chi connectivity index (χ0n) is 11.7. The van der Waals surface area contributed by atoms with Gasteiger partial charge < -0.3 is 10.9 Å². The van der Waals surface area contributed by atoms with E-state index in [1.807, 2.05) is 0 Å². The first-order chi connectivity index (χ1) is 8.47. The van der Waals surface area contributed by atoms with Crippen LogP contribution in [-0.2, 0) is 6.54 Å². The number of oxime groups is 1. The van der Waals surface area contributed by atoms with Crippen LogP contribution in [0.5, 0.6) is 0 Å². The van der Waals surface area contributed by atoms with Gasteiger partial charge in [-0.3, -0.25) is 4.90 Å². The Hall–Kier alpha value is -1.55. The van der Waals surface area contributed by atoms with Crippen LogP contribution in [0, 0.1) is 20.8 Å². The molecule has 0 aliphatic carbocycles. The molecular formula is C14H23N3O. The van der Waals surface area contributed by atoms with E-state index in [0.717, 1.165) is 13.1 Å². The number of benzene rings is 1. The van der Waals surface area contributed by atoms with Gasteiger partial charge in [0.15, 0.2) is 5.84 Å². The number of nitrogens with two attached hydrogens (primary N) is 1. The Labute approximate surface area is 109 Å². The van der Waals surface area contributed by atoms with Crippen molar-refractivity contribution in [3.05, 3.63) is 34.4 Å². The molecule has 3 N–H and O–H groups in total. The number of likely N-dealkylation sites (N-methyl/N-ethyl adjacent to an activating group) is 1. The fraction of sp³-hybridized carbons (Fsp3) is 0.500. The summed E-state index contributed by atoms with van der Waals surface area (Å²) in [5.41, 5.74) is 10.8. The van der Waals surface area contributed by atoms with Gasteiger partial charge in [-0.25, -0.2) is 0 Å². The molecule has 0 spiro atoms. The summed E-state index contributed by atoms with van der Waals surface area (Å²) in [7, 11) is 0. The first-order valence-corrected chi connectivity index (χ1v) is 6.23. The Morgan fingerprint density at radius 2 is 1.83 bits per heavy atom. The first-order valence-electron chi connectivity index (χ1n) is 6.23. The predicted molar refractivity (Wildman–Crippen MR) is 75.0 cm³/mol. The summed E-state index contributed by atoms with van der Waals surface area (Å²) in [6, 6.07) is 4.39. The number of amidine groups is 1. The van der Waals surface area contributed by atoms with Crippen molar-refractivity contribution in [3.8, 4) is 0 Å². The Bertz CT molecular complexity index is 418. The van der Waals surface area contributed by atoms with Crippen molar-refractivity contribution in [2.45, 2.75) is 34.2 Å². The monoisotopic (exact) mass is 249 g/mol. The van der Waals surface area contributed by atoms with Crippen LogP contribution in [-0.4, -0.2) is 29.0 Å². The van der Waals surface area contributed by atoms with Gasteiger partial charge in [0.05, 0.1) is 6.54 Å². The third-order valence-corrected chi connectivity index (χ3v) is 3.18. The maximum atomic E-state index is 8.63. The largest absolute Gasteiger partial charge is 0.409 e. The van der Waals surface area contributed by atoms with Crippen LogP contribution in [0.4, 0.5) is 0 Å². The minimum Gasteiger partial charge on any atom is -0.409 e. The standard InChI is InChI=1S/C14H23N3O/c1-5-17(9-14(15)16-18)8-13-11(3)6-10(2)7-12(13)4/h6-7,18H,5,8-9H2,1-4H3,(H2,15,16). The van der Waals surface area contributed by atoms with Gasteiger partial charge in [-0.2, -0.15) is 0 Å². The molecule has 4 nitrogen and oxygen atoms in total. The van der Waals surface area contributed by atoms with Gasteiger partial charge in [0.25, 0.3) is 0 Å². The Kier molecular flexibility index (Phi) is 5.16. The predicted octanol–water partition coefficient (Wildman–Crippen LogP) is 2.18. The highest BCUT2D eigenvalue weighted by Crippen LogP contribution is 2.18. The van der Waals surface area contributed by atoms with Crippen molar-refractivity contribution in [2.75, 3.05) is 13.1 Å². The molecule has 4 heteroatoms. The second-order valence-corrected chi connectivity index (χ2v) is 4.77. The SMILES string of the molecule is CCN(CC(N)=NO)Cc1c(C)cc(C)cc1C. The summed E-state index contributed by atoms with van der Waals surface area (Å²) in [4.78, 5) is 2.15. The lowest BCUT2D eigenvalue weighted by Crippen LogP contribution is -2.33. The molecule has 100 valence electrons. The quantitative estimate of drug-likeness (QED) is 0.364. The maximum absolute atomic E-state index is 8.63. The van der Waals surface area contributed by atoms with Gasteiger partial charge in [-0.15, -0.1) is 0 Å². The average molecular weight is 249 g/mol. The lowest BCUT2D eigenvalue weighted by molar-refractivity contribution is 0.294. The third-order valence-electron chi connectivity index (χ3n) is 3.18. The molecular weight excluding hydrogens is 226 g/mol. The van der Waals surface area contributed by atoms with Gasteiger partial charge in [0.1, 0.15) is 0 Å². The minimum atomic E-state index is 0.249. The van der Waals surface area contributed by atoms with Crippen LogP contribution in [0.15, 0.2) is 17.3 Å². The van der Waals surface area contributed by atoms with Crippen molar-refractivity contribution in [1.82, 2.24) is 4.90 Å². The third kappa shape index (κ3) is 3.74. The van der Waals surface area contributed by atoms with E-state index in [1.165, 1.54) is 22.3 Å². The molecule has 0 saturated heterocycles. The fourth-order valence-electron chi connectivity index (χ4n) is 2.22. The number of aryl methyl sites for hydroxylation is 3. The lowest BCUT2D eigenvalue weighted by Gasteiger charge is -2.22. The fourth-order valence-corrected chi connectivity index (χ4v) is 2.22. The van der Waals surface area contributed by atoms with E-state index < -0.39 is 0 Å². The Balaban J connectivity index is 2.88. The molecule has 0 aliphatic rings. The van der Waals surface area contributed by atoms with Gasteiger partial charge in [-0.1, -0.05) is 29.8 Å². The Morgan fingerprint density at radius 3 is 2.28 bits per heavy atom. The average Bonchev–Trinajstić information content (AvgIpc) is 2.31. The lowest BCUT2D eigenvalue weighted by atomic mass is 9.99. The summed E-state index contributed by atoms with van der Waals surface area (Å²) in [5, 5.41) is 11.7. The molecule has 0 aliphatic heterocycles. The van der Waals surface area contributed by atoms with Crippen LogP contribution in [0.1, 0.15) is 29.2 Å². The van der Waals surface area contributed by atoms with E-state index >= 15 is 0 Å². The molecule has 1 aromatic rings. The zero-order valence-corrected chi connectivity index (χ0v) is 11.7. The van der Waals surface area contributed by atoms with Crippen LogP contribution in [0.3, 0.4) is 0 Å². The summed E-state index contributed by atoms with van der Waals surface area (Å²) >= 11 is 0. The van der Waals surface area contributed by atoms with E-state index in [9.17, 15) is 0 Å². The first kappa shape index (κ1) is 14.5. The molecule has 0 amide bonds. The van der Waals surface area contributed by atoms with Crippen LogP contribution >= 0.6 is 0 Å². The van der Waals surface area contributed by atoms with Gasteiger partial charge in [0.2, 0.25) is 0 Å². The second kappa shape index (κ2) is 6.40. The smallest absolute Gasteiger partial charge is 0.153 e. The van der Waals surface area contributed by atoms with Gasteiger partial charge in [0, 0.05) is 6.54 Å². The van der Waals surface area contributed by atoms with Crippen molar-refractivity contribution in [1.29, 1.82) is 0 Å². The van der Waals surface area contributed by atoms with Crippen molar-refractivity contribution < 1.29 is 5.21 Å². The van der Waals surface area contributed by atoms with Crippen LogP contribution in [0.2, 0.25) is 0 Å². The molecule has 18 heavy (non-hydrogen) atoms. The van der Waals surface area contributed by atoms with E-state index in [-0.39, 0.29) is 5.84 Å². The van der Waals surface area contributed by atoms with Gasteiger partial charge >= 0.3 is 0 Å². The summed E-state index contributed by atoms with van der Waals surface area (Å²) in [5.74, 6) is 0.249. The number of rotatable bonds is 5. The van der Waals surface area contributed by atoms with Crippen LogP contribution in [0.25, 0.3) is 0 Å². The minimum absolute atomic E-state index is 0.249. The number of hydrogen-bond acceptors (Lipinski definition) is 3. The number of nitrogens with zero attached hydrogens (tertiary/aromatic N) is 2. The van der Waals surface area contributed by atoms with Gasteiger partial charge in [-0.05, 0) is 44.0 Å². The highest BCUT2D eigenvalue weighted by Gasteiger charge is 2.10. The summed E-state index contributed by atoms with van der Waals surface area (Å²) < 4.78 is 0. The second-order valence-electron chi connectivity index (χ2n) is 4.77.